The lowest BCUT2D eigenvalue weighted by atomic mass is 10.1. The fourth-order valence-electron chi connectivity index (χ4n) is 2.24. The summed E-state index contributed by atoms with van der Waals surface area (Å²) in [5.74, 6) is -0.305. The van der Waals surface area contributed by atoms with Crippen molar-refractivity contribution in [3.8, 4) is 0 Å². The molecule has 1 rings (SSSR count). The number of rotatable bonds is 9. The zero-order chi connectivity index (χ0) is 18.3. The maximum atomic E-state index is 12.1. The third kappa shape index (κ3) is 5.76. The van der Waals surface area contributed by atoms with Crippen molar-refractivity contribution >= 4 is 15.9 Å². The van der Waals surface area contributed by atoms with Crippen LogP contribution in [-0.2, 0) is 21.4 Å². The second-order valence-corrected chi connectivity index (χ2v) is 8.23. The SMILES string of the molecule is CCCCC[C@@H](C)NC(=O)Cn1cc(S(=O)(=O)N(C)C)ccc1=O. The van der Waals surface area contributed by atoms with E-state index in [4.69, 9.17) is 0 Å². The summed E-state index contributed by atoms with van der Waals surface area (Å²) < 4.78 is 26.4. The van der Waals surface area contributed by atoms with E-state index in [9.17, 15) is 18.0 Å². The molecular formula is C16H27N3O4S. The number of pyridine rings is 1. The first kappa shape index (κ1) is 20.4. The van der Waals surface area contributed by atoms with Gasteiger partial charge in [-0.2, -0.15) is 0 Å². The summed E-state index contributed by atoms with van der Waals surface area (Å²) in [6.07, 6.45) is 5.35. The van der Waals surface area contributed by atoms with Crippen LogP contribution in [0.3, 0.4) is 0 Å². The Hall–Kier alpha value is -1.67. The predicted molar refractivity (Wildman–Crippen MR) is 93.3 cm³/mol. The van der Waals surface area contributed by atoms with E-state index < -0.39 is 15.6 Å². The Labute approximate surface area is 143 Å². The van der Waals surface area contributed by atoms with Crippen LogP contribution < -0.4 is 10.9 Å². The summed E-state index contributed by atoms with van der Waals surface area (Å²) in [4.78, 5) is 23.9. The van der Waals surface area contributed by atoms with Crippen molar-refractivity contribution in [2.45, 2.75) is 57.0 Å². The maximum Gasteiger partial charge on any atom is 0.251 e. The minimum atomic E-state index is -3.65. The lowest BCUT2D eigenvalue weighted by Crippen LogP contribution is -2.37. The number of sulfonamides is 1. The zero-order valence-electron chi connectivity index (χ0n) is 14.8. The normalized spacial score (nSPS) is 13.0. The van der Waals surface area contributed by atoms with E-state index in [0.29, 0.717) is 0 Å². The molecule has 1 atom stereocenters. The molecule has 0 spiro atoms. The largest absolute Gasteiger partial charge is 0.352 e. The summed E-state index contributed by atoms with van der Waals surface area (Å²) >= 11 is 0. The summed E-state index contributed by atoms with van der Waals surface area (Å²) in [7, 11) is -0.824. The van der Waals surface area contributed by atoms with Gasteiger partial charge in [0.25, 0.3) is 5.56 Å². The van der Waals surface area contributed by atoms with E-state index in [1.165, 1.54) is 26.4 Å². The fraction of sp³-hybridized carbons (Fsp3) is 0.625. The number of amides is 1. The monoisotopic (exact) mass is 357 g/mol. The van der Waals surface area contributed by atoms with Gasteiger partial charge in [-0.3, -0.25) is 9.59 Å². The first-order valence-electron chi connectivity index (χ1n) is 8.11. The number of aromatic nitrogens is 1. The molecule has 1 amide bonds. The van der Waals surface area contributed by atoms with Crippen LogP contribution in [0.5, 0.6) is 0 Å². The lowest BCUT2D eigenvalue weighted by Gasteiger charge is -2.15. The number of nitrogens with one attached hydrogen (secondary N) is 1. The molecule has 24 heavy (non-hydrogen) atoms. The van der Waals surface area contributed by atoms with Gasteiger partial charge < -0.3 is 9.88 Å². The maximum absolute atomic E-state index is 12.1. The van der Waals surface area contributed by atoms with Crippen LogP contribution in [0.1, 0.15) is 39.5 Å². The summed E-state index contributed by atoms with van der Waals surface area (Å²) in [5, 5.41) is 2.84. The Morgan fingerprint density at radius 1 is 1.29 bits per heavy atom. The van der Waals surface area contributed by atoms with Gasteiger partial charge in [0.15, 0.2) is 0 Å². The van der Waals surface area contributed by atoms with Gasteiger partial charge in [-0.15, -0.1) is 0 Å². The molecule has 0 unspecified atom stereocenters. The smallest absolute Gasteiger partial charge is 0.251 e. The Kier molecular flexibility index (Phi) is 7.62. The van der Waals surface area contributed by atoms with Gasteiger partial charge in [-0.25, -0.2) is 12.7 Å². The minimum absolute atomic E-state index is 0.0177. The van der Waals surface area contributed by atoms with Crippen LogP contribution in [0.25, 0.3) is 0 Å². The van der Waals surface area contributed by atoms with Crippen molar-refractivity contribution in [1.29, 1.82) is 0 Å². The standard InChI is InChI=1S/C16H27N3O4S/c1-5-6-7-8-13(2)17-15(20)12-19-11-14(9-10-16(19)21)24(22,23)18(3)4/h9-11,13H,5-8,12H2,1-4H3,(H,17,20)/t13-/m1/s1. The van der Waals surface area contributed by atoms with E-state index in [2.05, 4.69) is 12.2 Å². The Balaban J connectivity index is 2.81. The highest BCUT2D eigenvalue weighted by Crippen LogP contribution is 2.10. The number of nitrogens with zero attached hydrogens (tertiary/aromatic N) is 2. The molecule has 0 fully saturated rings. The van der Waals surface area contributed by atoms with Crippen molar-refractivity contribution < 1.29 is 13.2 Å². The van der Waals surface area contributed by atoms with E-state index in [0.717, 1.165) is 40.6 Å². The molecule has 8 heteroatoms. The number of hydrogen-bond donors (Lipinski definition) is 1. The molecule has 0 aliphatic rings. The molecule has 136 valence electrons. The molecule has 1 aromatic rings. The first-order valence-corrected chi connectivity index (χ1v) is 9.55. The average Bonchev–Trinajstić information content (AvgIpc) is 2.49. The second kappa shape index (κ2) is 8.98. The second-order valence-electron chi connectivity index (χ2n) is 6.08. The number of hydrogen-bond acceptors (Lipinski definition) is 4. The van der Waals surface area contributed by atoms with Crippen LogP contribution in [0.2, 0.25) is 0 Å². The van der Waals surface area contributed by atoms with Crippen LogP contribution in [0, 0.1) is 0 Å². The van der Waals surface area contributed by atoms with Crippen molar-refractivity contribution in [2.75, 3.05) is 14.1 Å². The molecule has 0 bridgehead atoms. The van der Waals surface area contributed by atoms with Crippen molar-refractivity contribution in [3.05, 3.63) is 28.7 Å². The Morgan fingerprint density at radius 2 is 1.96 bits per heavy atom. The van der Waals surface area contributed by atoms with Gasteiger partial charge in [-0.05, 0) is 19.4 Å². The Bertz CT molecular complexity index is 710. The quantitative estimate of drug-likeness (QED) is 0.672. The number of unbranched alkanes of at least 4 members (excludes halogenated alkanes) is 2. The molecule has 0 saturated heterocycles. The number of carbonyl (C=O) groups excluding carboxylic acids is 1. The minimum Gasteiger partial charge on any atom is -0.352 e. The van der Waals surface area contributed by atoms with Gasteiger partial charge >= 0.3 is 0 Å². The molecule has 7 nitrogen and oxygen atoms in total. The van der Waals surface area contributed by atoms with Crippen LogP contribution in [0.15, 0.2) is 28.0 Å². The van der Waals surface area contributed by atoms with Gasteiger partial charge in [0, 0.05) is 32.4 Å². The first-order chi connectivity index (χ1) is 11.2. The van der Waals surface area contributed by atoms with Crippen molar-refractivity contribution in [3.63, 3.8) is 0 Å². The van der Waals surface area contributed by atoms with E-state index >= 15 is 0 Å². The highest BCUT2D eigenvalue weighted by atomic mass is 32.2. The van der Waals surface area contributed by atoms with Gasteiger partial charge in [0.1, 0.15) is 6.54 Å². The van der Waals surface area contributed by atoms with Crippen molar-refractivity contribution in [2.24, 2.45) is 0 Å². The van der Waals surface area contributed by atoms with Gasteiger partial charge in [0.05, 0.1) is 4.90 Å². The van der Waals surface area contributed by atoms with Crippen molar-refractivity contribution in [1.82, 2.24) is 14.2 Å². The van der Waals surface area contributed by atoms with Gasteiger partial charge in [0.2, 0.25) is 15.9 Å². The molecule has 0 radical (unpaired) electrons. The summed E-state index contributed by atoms with van der Waals surface area (Å²) in [6, 6.07) is 2.43. The highest BCUT2D eigenvalue weighted by Gasteiger charge is 2.19. The fourth-order valence-corrected chi connectivity index (χ4v) is 3.17. The van der Waals surface area contributed by atoms with Crippen LogP contribution >= 0.6 is 0 Å². The molecule has 0 aliphatic carbocycles. The molecule has 1 N–H and O–H groups in total. The average molecular weight is 357 g/mol. The van der Waals surface area contributed by atoms with E-state index in [1.807, 2.05) is 6.92 Å². The zero-order valence-corrected chi connectivity index (χ0v) is 15.6. The van der Waals surface area contributed by atoms with E-state index in [-0.39, 0.29) is 23.4 Å². The molecule has 0 aliphatic heterocycles. The molecule has 1 aromatic heterocycles. The topological polar surface area (TPSA) is 88.5 Å². The number of carbonyl (C=O) groups is 1. The highest BCUT2D eigenvalue weighted by molar-refractivity contribution is 7.89. The molecular weight excluding hydrogens is 330 g/mol. The van der Waals surface area contributed by atoms with Gasteiger partial charge in [-0.1, -0.05) is 26.2 Å². The summed E-state index contributed by atoms with van der Waals surface area (Å²) in [5.41, 5.74) is -0.415. The summed E-state index contributed by atoms with van der Waals surface area (Å²) in [6.45, 7) is 3.83. The lowest BCUT2D eigenvalue weighted by molar-refractivity contribution is -0.122. The van der Waals surface area contributed by atoms with Crippen LogP contribution in [0.4, 0.5) is 0 Å². The molecule has 0 saturated carbocycles. The van der Waals surface area contributed by atoms with Crippen LogP contribution in [-0.4, -0.2) is 43.3 Å². The predicted octanol–water partition coefficient (Wildman–Crippen LogP) is 1.18. The third-order valence-corrected chi connectivity index (χ3v) is 5.50. The third-order valence-electron chi connectivity index (χ3n) is 3.70. The Morgan fingerprint density at radius 3 is 2.54 bits per heavy atom. The van der Waals surface area contributed by atoms with E-state index in [1.54, 1.807) is 0 Å². The molecule has 1 heterocycles. The molecule has 0 aromatic carbocycles.